The second-order valence-electron chi connectivity index (χ2n) is 4.12. The second-order valence-corrected chi connectivity index (χ2v) is 6.99. The smallest absolute Gasteiger partial charge is 0.263 e. The average molecular weight is 351 g/mol. The number of hydrogen-bond donors (Lipinski definition) is 1. The Morgan fingerprint density at radius 1 is 1.05 bits per heavy atom. The van der Waals surface area contributed by atoms with Gasteiger partial charge in [0, 0.05) is 5.02 Å². The molecule has 0 heterocycles. The van der Waals surface area contributed by atoms with Gasteiger partial charge in [0.05, 0.1) is 15.7 Å². The van der Waals surface area contributed by atoms with Crippen molar-refractivity contribution in [3.05, 3.63) is 57.0 Å². The lowest BCUT2D eigenvalue weighted by atomic mass is 10.2. The maximum absolute atomic E-state index is 12.3. The molecule has 2 rings (SSSR count). The topological polar surface area (TPSA) is 46.2 Å². The molecule has 20 heavy (non-hydrogen) atoms. The highest BCUT2D eigenvalue weighted by atomic mass is 35.5. The summed E-state index contributed by atoms with van der Waals surface area (Å²) in [4.78, 5) is -0.0777. The van der Waals surface area contributed by atoms with E-state index in [4.69, 9.17) is 34.8 Å². The van der Waals surface area contributed by atoms with Crippen LogP contribution in [0.25, 0.3) is 0 Å². The SMILES string of the molecule is Cc1ccc(Cl)cc1NS(=O)(=O)c1cccc(Cl)c1Cl. The molecule has 0 saturated heterocycles. The molecule has 0 amide bonds. The molecule has 0 unspecified atom stereocenters. The van der Waals surface area contributed by atoms with Crippen molar-refractivity contribution in [3.8, 4) is 0 Å². The Bertz CT molecular complexity index is 760. The fourth-order valence-corrected chi connectivity index (χ4v) is 3.65. The van der Waals surface area contributed by atoms with Gasteiger partial charge < -0.3 is 0 Å². The van der Waals surface area contributed by atoms with E-state index in [0.29, 0.717) is 10.7 Å². The van der Waals surface area contributed by atoms with E-state index >= 15 is 0 Å². The third-order valence-corrected chi connectivity index (χ3v) is 5.22. The molecular formula is C13H10Cl3NO2S. The standard InChI is InChI=1S/C13H10Cl3NO2S/c1-8-5-6-9(14)7-11(8)17-20(18,19)12-4-2-3-10(15)13(12)16/h2-7,17H,1H3. The minimum atomic E-state index is -3.83. The van der Waals surface area contributed by atoms with Crippen molar-refractivity contribution in [2.24, 2.45) is 0 Å². The van der Waals surface area contributed by atoms with Crippen LogP contribution in [0, 0.1) is 6.92 Å². The number of anilines is 1. The summed E-state index contributed by atoms with van der Waals surface area (Å²) in [5, 5.41) is 0.601. The van der Waals surface area contributed by atoms with E-state index in [-0.39, 0.29) is 14.9 Å². The first-order valence-electron chi connectivity index (χ1n) is 5.54. The van der Waals surface area contributed by atoms with Crippen LogP contribution in [0.4, 0.5) is 5.69 Å². The highest BCUT2D eigenvalue weighted by Gasteiger charge is 2.20. The summed E-state index contributed by atoms with van der Waals surface area (Å²) in [7, 11) is -3.83. The number of benzene rings is 2. The van der Waals surface area contributed by atoms with Crippen molar-refractivity contribution in [1.82, 2.24) is 0 Å². The van der Waals surface area contributed by atoms with Crippen molar-refractivity contribution in [3.63, 3.8) is 0 Å². The van der Waals surface area contributed by atoms with Crippen LogP contribution in [0.5, 0.6) is 0 Å². The summed E-state index contributed by atoms with van der Waals surface area (Å²) in [6.45, 7) is 1.77. The maximum Gasteiger partial charge on any atom is 0.263 e. The zero-order valence-electron chi connectivity index (χ0n) is 10.3. The minimum Gasteiger partial charge on any atom is -0.279 e. The molecule has 0 aliphatic heterocycles. The molecule has 3 nitrogen and oxygen atoms in total. The van der Waals surface area contributed by atoms with Crippen LogP contribution in [0.2, 0.25) is 15.1 Å². The number of rotatable bonds is 3. The highest BCUT2D eigenvalue weighted by molar-refractivity contribution is 7.92. The number of sulfonamides is 1. The van der Waals surface area contributed by atoms with Crippen molar-refractivity contribution < 1.29 is 8.42 Å². The van der Waals surface area contributed by atoms with E-state index in [1.54, 1.807) is 19.1 Å². The first-order valence-corrected chi connectivity index (χ1v) is 8.16. The molecule has 0 radical (unpaired) electrons. The Kier molecular flexibility index (Phi) is 4.49. The molecule has 0 aromatic heterocycles. The fourth-order valence-electron chi connectivity index (χ4n) is 1.60. The van der Waals surface area contributed by atoms with E-state index in [9.17, 15) is 8.42 Å². The van der Waals surface area contributed by atoms with E-state index in [0.717, 1.165) is 5.56 Å². The molecule has 0 aliphatic rings. The van der Waals surface area contributed by atoms with Gasteiger partial charge in [0.1, 0.15) is 4.90 Å². The lowest BCUT2D eigenvalue weighted by molar-refractivity contribution is 0.601. The van der Waals surface area contributed by atoms with Crippen LogP contribution in [-0.2, 0) is 10.0 Å². The molecule has 0 aliphatic carbocycles. The molecular weight excluding hydrogens is 341 g/mol. The quantitative estimate of drug-likeness (QED) is 0.867. The van der Waals surface area contributed by atoms with Crippen molar-refractivity contribution in [1.29, 1.82) is 0 Å². The molecule has 106 valence electrons. The number of nitrogens with one attached hydrogen (secondary N) is 1. The molecule has 1 N–H and O–H groups in total. The van der Waals surface area contributed by atoms with Gasteiger partial charge in [-0.15, -0.1) is 0 Å². The molecule has 2 aromatic rings. The number of aryl methyl sites for hydroxylation is 1. The Labute approximate surface area is 132 Å². The molecule has 0 bridgehead atoms. The summed E-state index contributed by atoms with van der Waals surface area (Å²) < 4.78 is 27.1. The first kappa shape index (κ1) is 15.4. The van der Waals surface area contributed by atoms with E-state index in [1.807, 2.05) is 0 Å². The zero-order valence-corrected chi connectivity index (χ0v) is 13.4. The van der Waals surface area contributed by atoms with Crippen LogP contribution in [-0.4, -0.2) is 8.42 Å². The van der Waals surface area contributed by atoms with Crippen LogP contribution >= 0.6 is 34.8 Å². The average Bonchev–Trinajstić information content (AvgIpc) is 2.36. The van der Waals surface area contributed by atoms with Gasteiger partial charge in [-0.1, -0.05) is 46.9 Å². The fraction of sp³-hybridized carbons (Fsp3) is 0.0769. The van der Waals surface area contributed by atoms with E-state index in [1.165, 1.54) is 24.3 Å². The largest absolute Gasteiger partial charge is 0.279 e. The summed E-state index contributed by atoms with van der Waals surface area (Å²) in [5.74, 6) is 0. The van der Waals surface area contributed by atoms with Gasteiger partial charge in [-0.2, -0.15) is 0 Å². The van der Waals surface area contributed by atoms with E-state index < -0.39 is 10.0 Å². The van der Waals surface area contributed by atoms with Crippen LogP contribution < -0.4 is 4.72 Å². The molecule has 0 spiro atoms. The van der Waals surface area contributed by atoms with Crippen LogP contribution in [0.3, 0.4) is 0 Å². The molecule has 7 heteroatoms. The van der Waals surface area contributed by atoms with Crippen molar-refractivity contribution >= 4 is 50.5 Å². The Balaban J connectivity index is 2.46. The number of hydrogen-bond acceptors (Lipinski definition) is 2. The second kappa shape index (κ2) is 5.82. The first-order chi connectivity index (χ1) is 9.31. The van der Waals surface area contributed by atoms with Gasteiger partial charge in [0.2, 0.25) is 0 Å². The highest BCUT2D eigenvalue weighted by Crippen LogP contribution is 2.31. The zero-order chi connectivity index (χ0) is 14.9. The van der Waals surface area contributed by atoms with Gasteiger partial charge in [0.15, 0.2) is 0 Å². The molecule has 2 aromatic carbocycles. The van der Waals surface area contributed by atoms with Gasteiger partial charge in [-0.05, 0) is 36.8 Å². The van der Waals surface area contributed by atoms with Crippen molar-refractivity contribution in [2.75, 3.05) is 4.72 Å². The van der Waals surface area contributed by atoms with Gasteiger partial charge in [-0.25, -0.2) is 8.42 Å². The predicted molar refractivity (Wildman–Crippen MR) is 83.5 cm³/mol. The van der Waals surface area contributed by atoms with Gasteiger partial charge in [0.25, 0.3) is 10.0 Å². The maximum atomic E-state index is 12.3. The van der Waals surface area contributed by atoms with Gasteiger partial charge >= 0.3 is 0 Å². The van der Waals surface area contributed by atoms with Crippen molar-refractivity contribution in [2.45, 2.75) is 11.8 Å². The summed E-state index contributed by atoms with van der Waals surface area (Å²) in [6, 6.07) is 9.37. The summed E-state index contributed by atoms with van der Waals surface area (Å²) in [6.07, 6.45) is 0. The third-order valence-electron chi connectivity index (χ3n) is 2.65. The molecule has 0 fully saturated rings. The Hall–Kier alpha value is -0.940. The molecule has 0 saturated carbocycles. The third kappa shape index (κ3) is 3.20. The van der Waals surface area contributed by atoms with Crippen LogP contribution in [0.1, 0.15) is 5.56 Å². The lowest BCUT2D eigenvalue weighted by Crippen LogP contribution is -2.14. The van der Waals surface area contributed by atoms with Crippen LogP contribution in [0.15, 0.2) is 41.3 Å². The normalized spacial score (nSPS) is 11.4. The van der Waals surface area contributed by atoms with Gasteiger partial charge in [-0.3, -0.25) is 4.72 Å². The Morgan fingerprint density at radius 2 is 1.75 bits per heavy atom. The lowest BCUT2D eigenvalue weighted by Gasteiger charge is -2.12. The minimum absolute atomic E-state index is 0.0126. The molecule has 0 atom stereocenters. The van der Waals surface area contributed by atoms with E-state index in [2.05, 4.69) is 4.72 Å². The summed E-state index contributed by atoms with van der Waals surface area (Å²) in [5.41, 5.74) is 1.14. The predicted octanol–water partition coefficient (Wildman–Crippen LogP) is 4.76. The number of halogens is 3. The monoisotopic (exact) mass is 349 g/mol. The summed E-state index contributed by atoms with van der Waals surface area (Å²) >= 11 is 17.6. The Morgan fingerprint density at radius 3 is 2.45 bits per heavy atom.